The number of anilines is 1. The zero-order chi connectivity index (χ0) is 13.1. The van der Waals surface area contributed by atoms with E-state index < -0.39 is 0 Å². The molecule has 0 fully saturated rings. The van der Waals surface area contributed by atoms with Gasteiger partial charge in [0.15, 0.2) is 0 Å². The van der Waals surface area contributed by atoms with E-state index in [0.29, 0.717) is 5.56 Å². The Hall–Kier alpha value is -1.86. The second kappa shape index (κ2) is 5.19. The molecule has 0 saturated heterocycles. The van der Waals surface area contributed by atoms with Gasteiger partial charge in [-0.15, -0.1) is 11.3 Å². The summed E-state index contributed by atoms with van der Waals surface area (Å²) in [6.45, 7) is 4.84. The second-order valence-corrected chi connectivity index (χ2v) is 5.29. The van der Waals surface area contributed by atoms with Crippen molar-refractivity contribution < 1.29 is 0 Å². The molecule has 1 aromatic heterocycles. The molecule has 3 nitrogen and oxygen atoms in total. The number of benzene rings is 1. The van der Waals surface area contributed by atoms with Crippen molar-refractivity contribution in [1.29, 1.82) is 5.26 Å². The van der Waals surface area contributed by atoms with Gasteiger partial charge in [0.25, 0.3) is 0 Å². The monoisotopic (exact) mass is 257 g/mol. The minimum Gasteiger partial charge on any atom is -0.368 e. The van der Waals surface area contributed by atoms with Gasteiger partial charge in [-0.05, 0) is 31.5 Å². The summed E-state index contributed by atoms with van der Waals surface area (Å²) in [5, 5.41) is 9.15. The van der Waals surface area contributed by atoms with Gasteiger partial charge in [-0.2, -0.15) is 5.26 Å². The van der Waals surface area contributed by atoms with E-state index in [1.165, 1.54) is 4.88 Å². The lowest BCUT2D eigenvalue weighted by Crippen LogP contribution is -2.17. The topological polar surface area (TPSA) is 39.9 Å². The van der Waals surface area contributed by atoms with Crippen LogP contribution in [-0.4, -0.2) is 12.0 Å². The summed E-state index contributed by atoms with van der Waals surface area (Å²) >= 11 is 1.65. The van der Waals surface area contributed by atoms with Gasteiger partial charge >= 0.3 is 0 Å². The van der Waals surface area contributed by atoms with Crippen LogP contribution in [0.2, 0.25) is 0 Å². The van der Waals surface area contributed by atoms with E-state index in [-0.39, 0.29) is 0 Å². The Balaban J connectivity index is 2.29. The van der Waals surface area contributed by atoms with Crippen LogP contribution < -0.4 is 4.90 Å². The first kappa shape index (κ1) is 12.6. The van der Waals surface area contributed by atoms with E-state index in [1.54, 1.807) is 11.3 Å². The van der Waals surface area contributed by atoms with E-state index in [0.717, 1.165) is 23.5 Å². The summed E-state index contributed by atoms with van der Waals surface area (Å²) in [6, 6.07) is 8.14. The minimum absolute atomic E-state index is 0.713. The highest BCUT2D eigenvalue weighted by Gasteiger charge is 2.10. The van der Waals surface area contributed by atoms with Crippen LogP contribution in [-0.2, 0) is 6.54 Å². The Labute approximate surface area is 111 Å². The van der Waals surface area contributed by atoms with E-state index in [2.05, 4.69) is 22.0 Å². The van der Waals surface area contributed by atoms with Crippen LogP contribution in [0, 0.1) is 25.2 Å². The molecule has 1 aromatic carbocycles. The molecule has 0 aliphatic carbocycles. The van der Waals surface area contributed by atoms with Crippen molar-refractivity contribution in [1.82, 2.24) is 4.98 Å². The first-order valence-electron chi connectivity index (χ1n) is 5.72. The highest BCUT2D eigenvalue weighted by atomic mass is 32.1. The smallest absolute Gasteiger partial charge is 0.101 e. The average Bonchev–Trinajstić information content (AvgIpc) is 2.75. The number of thiazole rings is 1. The minimum atomic E-state index is 0.713. The van der Waals surface area contributed by atoms with Crippen molar-refractivity contribution in [2.75, 3.05) is 11.9 Å². The maximum absolute atomic E-state index is 9.15. The van der Waals surface area contributed by atoms with Crippen LogP contribution in [0.15, 0.2) is 23.7 Å². The predicted molar refractivity (Wildman–Crippen MR) is 74.9 cm³/mol. The Bertz CT molecular complexity index is 595. The molecule has 2 rings (SSSR count). The van der Waals surface area contributed by atoms with Crippen molar-refractivity contribution in [3.05, 3.63) is 45.4 Å². The summed E-state index contributed by atoms with van der Waals surface area (Å²) < 4.78 is 0. The van der Waals surface area contributed by atoms with Crippen molar-refractivity contribution in [3.63, 3.8) is 0 Å². The number of nitriles is 1. The Kier molecular flexibility index (Phi) is 3.63. The molecule has 0 atom stereocenters. The van der Waals surface area contributed by atoms with E-state index >= 15 is 0 Å². The molecule has 1 heterocycles. The van der Waals surface area contributed by atoms with Gasteiger partial charge in [0.05, 0.1) is 29.0 Å². The van der Waals surface area contributed by atoms with Gasteiger partial charge in [-0.1, -0.05) is 6.07 Å². The zero-order valence-corrected chi connectivity index (χ0v) is 11.6. The van der Waals surface area contributed by atoms with Crippen molar-refractivity contribution >= 4 is 17.0 Å². The van der Waals surface area contributed by atoms with Gasteiger partial charge in [-0.25, -0.2) is 4.98 Å². The number of hydrogen-bond acceptors (Lipinski definition) is 4. The van der Waals surface area contributed by atoms with Gasteiger partial charge in [0, 0.05) is 11.9 Å². The molecule has 0 unspecified atom stereocenters. The van der Waals surface area contributed by atoms with E-state index in [9.17, 15) is 0 Å². The third-order valence-corrected chi connectivity index (χ3v) is 3.83. The highest BCUT2D eigenvalue weighted by molar-refractivity contribution is 7.09. The van der Waals surface area contributed by atoms with Crippen LogP contribution in [0.5, 0.6) is 0 Å². The fourth-order valence-corrected chi connectivity index (χ4v) is 2.66. The number of nitrogens with zero attached hydrogens (tertiary/aromatic N) is 3. The van der Waals surface area contributed by atoms with Crippen LogP contribution >= 0.6 is 11.3 Å². The molecule has 92 valence electrons. The molecular weight excluding hydrogens is 242 g/mol. The Morgan fingerprint density at radius 3 is 2.78 bits per heavy atom. The molecular formula is C14H15N3S. The average molecular weight is 257 g/mol. The van der Waals surface area contributed by atoms with Crippen molar-refractivity contribution in [2.24, 2.45) is 0 Å². The quantitative estimate of drug-likeness (QED) is 0.847. The van der Waals surface area contributed by atoms with Gasteiger partial charge < -0.3 is 4.90 Å². The predicted octanol–water partition coefficient (Wildman–Crippen LogP) is 3.27. The molecule has 0 amide bonds. The molecule has 0 aliphatic heterocycles. The molecule has 0 radical (unpaired) electrons. The van der Waals surface area contributed by atoms with E-state index in [1.807, 2.05) is 38.5 Å². The first-order chi connectivity index (χ1) is 8.61. The van der Waals surface area contributed by atoms with Crippen LogP contribution in [0.4, 0.5) is 5.69 Å². The van der Waals surface area contributed by atoms with Gasteiger partial charge in [-0.3, -0.25) is 0 Å². The molecule has 0 aliphatic rings. The van der Waals surface area contributed by atoms with E-state index in [4.69, 9.17) is 5.26 Å². The lowest BCUT2D eigenvalue weighted by molar-refractivity contribution is 0.923. The fourth-order valence-electron chi connectivity index (χ4n) is 1.83. The van der Waals surface area contributed by atoms with Gasteiger partial charge in [0.2, 0.25) is 0 Å². The zero-order valence-electron chi connectivity index (χ0n) is 10.8. The van der Waals surface area contributed by atoms with Crippen LogP contribution in [0.25, 0.3) is 0 Å². The van der Waals surface area contributed by atoms with Crippen molar-refractivity contribution in [3.8, 4) is 6.07 Å². The highest BCUT2D eigenvalue weighted by Crippen LogP contribution is 2.24. The Morgan fingerprint density at radius 1 is 1.39 bits per heavy atom. The second-order valence-electron chi connectivity index (χ2n) is 4.35. The molecule has 18 heavy (non-hydrogen) atoms. The SMILES string of the molecule is Cc1ccc(C#N)c(N(C)Cc2scnc2C)c1. The van der Waals surface area contributed by atoms with Gasteiger partial charge in [0.1, 0.15) is 6.07 Å². The summed E-state index contributed by atoms with van der Waals surface area (Å²) in [4.78, 5) is 7.59. The lowest BCUT2D eigenvalue weighted by Gasteiger charge is -2.20. The number of aromatic nitrogens is 1. The molecule has 0 N–H and O–H groups in total. The third-order valence-electron chi connectivity index (χ3n) is 2.91. The summed E-state index contributed by atoms with van der Waals surface area (Å²) in [7, 11) is 2.01. The summed E-state index contributed by atoms with van der Waals surface area (Å²) in [5.74, 6) is 0. The maximum Gasteiger partial charge on any atom is 0.101 e. The summed E-state index contributed by atoms with van der Waals surface area (Å²) in [6.07, 6.45) is 0. The van der Waals surface area contributed by atoms with Crippen LogP contribution in [0.1, 0.15) is 21.7 Å². The number of hydrogen-bond donors (Lipinski definition) is 0. The Morgan fingerprint density at radius 2 is 2.17 bits per heavy atom. The molecule has 0 spiro atoms. The third kappa shape index (κ3) is 2.52. The van der Waals surface area contributed by atoms with Crippen molar-refractivity contribution in [2.45, 2.75) is 20.4 Å². The van der Waals surface area contributed by atoms with Crippen LogP contribution in [0.3, 0.4) is 0 Å². The number of rotatable bonds is 3. The molecule has 2 aromatic rings. The molecule has 0 saturated carbocycles. The number of aryl methyl sites for hydroxylation is 2. The first-order valence-corrected chi connectivity index (χ1v) is 6.60. The normalized spacial score (nSPS) is 10.1. The lowest BCUT2D eigenvalue weighted by atomic mass is 10.1. The molecule has 0 bridgehead atoms. The fraction of sp³-hybridized carbons (Fsp3) is 0.286. The largest absolute Gasteiger partial charge is 0.368 e. The standard InChI is InChI=1S/C14H15N3S/c1-10-4-5-12(7-15)13(6-10)17(3)8-14-11(2)16-9-18-14/h4-6,9H,8H2,1-3H3. The summed E-state index contributed by atoms with van der Waals surface area (Å²) in [5.41, 5.74) is 5.78. The molecule has 4 heteroatoms. The maximum atomic E-state index is 9.15.